The van der Waals surface area contributed by atoms with Gasteiger partial charge in [-0.25, -0.2) is 0 Å². The highest BCUT2D eigenvalue weighted by atomic mass is 16.1. The maximum Gasteiger partial charge on any atom is 0.224 e. The largest absolute Gasteiger partial charge is 0.330 e. The number of carbonyl (C=O) groups excluding carboxylic acids is 1. The van der Waals surface area contributed by atoms with Crippen LogP contribution in [-0.2, 0) is 18.3 Å². The van der Waals surface area contributed by atoms with E-state index in [2.05, 4.69) is 10.4 Å². The normalized spacial score (nSPS) is 10.4. The third kappa shape index (κ3) is 3.66. The minimum Gasteiger partial charge on any atom is -0.330 e. The van der Waals surface area contributed by atoms with Gasteiger partial charge in [0.2, 0.25) is 5.91 Å². The van der Waals surface area contributed by atoms with Crippen molar-refractivity contribution in [2.75, 3.05) is 11.9 Å². The number of anilines is 1. The van der Waals surface area contributed by atoms with Crippen LogP contribution in [0.5, 0.6) is 0 Å². The first-order valence-electron chi connectivity index (χ1n) is 5.69. The van der Waals surface area contributed by atoms with Crippen molar-refractivity contribution < 1.29 is 4.79 Å². The molecule has 3 N–H and O–H groups in total. The van der Waals surface area contributed by atoms with Gasteiger partial charge in [-0.15, -0.1) is 0 Å². The molecule has 0 aliphatic heterocycles. The van der Waals surface area contributed by atoms with Gasteiger partial charge >= 0.3 is 0 Å². The summed E-state index contributed by atoms with van der Waals surface area (Å²) in [6.07, 6.45) is 4.90. The molecule has 0 unspecified atom stereocenters. The number of nitrogens with zero attached hydrogens (tertiary/aromatic N) is 2. The van der Waals surface area contributed by atoms with E-state index in [0.29, 0.717) is 13.0 Å². The lowest BCUT2D eigenvalue weighted by molar-refractivity contribution is -0.116. The number of aryl methyl sites for hydroxylation is 2. The highest BCUT2D eigenvalue weighted by Gasteiger charge is 2.08. The zero-order valence-electron chi connectivity index (χ0n) is 9.99. The molecule has 1 heterocycles. The number of nitrogens with one attached hydrogen (secondary N) is 1. The molecule has 0 radical (unpaired) electrons. The Bertz CT molecular complexity index is 346. The second kappa shape index (κ2) is 6.27. The molecule has 5 nitrogen and oxygen atoms in total. The van der Waals surface area contributed by atoms with Crippen LogP contribution in [0.2, 0.25) is 0 Å². The molecule has 1 amide bonds. The summed E-state index contributed by atoms with van der Waals surface area (Å²) in [6, 6.07) is 0. The Morgan fingerprint density at radius 1 is 1.56 bits per heavy atom. The minimum absolute atomic E-state index is 0.0381. The predicted molar refractivity (Wildman–Crippen MR) is 64.1 cm³/mol. The first-order valence-corrected chi connectivity index (χ1v) is 5.69. The van der Waals surface area contributed by atoms with Gasteiger partial charge < -0.3 is 11.1 Å². The van der Waals surface area contributed by atoms with E-state index in [1.54, 1.807) is 4.68 Å². The minimum atomic E-state index is 0.0381. The Balaban J connectivity index is 2.48. The van der Waals surface area contributed by atoms with E-state index in [1.807, 2.05) is 20.2 Å². The maximum atomic E-state index is 11.6. The highest BCUT2D eigenvalue weighted by Crippen LogP contribution is 2.14. The number of carbonyl (C=O) groups is 1. The van der Waals surface area contributed by atoms with Crippen LogP contribution < -0.4 is 11.1 Å². The lowest BCUT2D eigenvalue weighted by Gasteiger charge is -2.03. The smallest absolute Gasteiger partial charge is 0.224 e. The lowest BCUT2D eigenvalue weighted by atomic mass is 10.2. The van der Waals surface area contributed by atoms with Crippen LogP contribution in [0.15, 0.2) is 6.20 Å². The Morgan fingerprint density at radius 2 is 2.31 bits per heavy atom. The van der Waals surface area contributed by atoms with Crippen LogP contribution in [0.25, 0.3) is 0 Å². The summed E-state index contributed by atoms with van der Waals surface area (Å²) in [5.41, 5.74) is 7.12. The zero-order valence-corrected chi connectivity index (χ0v) is 9.99. The van der Waals surface area contributed by atoms with Crippen molar-refractivity contribution in [2.45, 2.75) is 32.6 Å². The monoisotopic (exact) mass is 224 g/mol. The molecule has 0 bridgehead atoms. The topological polar surface area (TPSA) is 72.9 Å². The first kappa shape index (κ1) is 12.7. The number of unbranched alkanes of at least 4 members (excludes halogenated alkanes) is 1. The second-order valence-electron chi connectivity index (χ2n) is 3.81. The number of aromatic nitrogens is 2. The number of amides is 1. The summed E-state index contributed by atoms with van der Waals surface area (Å²) < 4.78 is 1.72. The van der Waals surface area contributed by atoms with E-state index in [0.717, 1.165) is 30.6 Å². The van der Waals surface area contributed by atoms with Crippen LogP contribution in [0.3, 0.4) is 0 Å². The van der Waals surface area contributed by atoms with Gasteiger partial charge in [0.25, 0.3) is 0 Å². The molecule has 1 aromatic heterocycles. The van der Waals surface area contributed by atoms with Crippen LogP contribution in [0.4, 0.5) is 5.69 Å². The summed E-state index contributed by atoms with van der Waals surface area (Å²) >= 11 is 0. The Kier molecular flexibility index (Phi) is 4.98. The molecule has 0 aliphatic rings. The number of hydrogen-bond acceptors (Lipinski definition) is 3. The Hall–Kier alpha value is -1.36. The van der Waals surface area contributed by atoms with Gasteiger partial charge in [-0.1, -0.05) is 6.92 Å². The van der Waals surface area contributed by atoms with Crippen molar-refractivity contribution in [2.24, 2.45) is 12.8 Å². The molecule has 1 aromatic rings. The van der Waals surface area contributed by atoms with Crippen molar-refractivity contribution in [3.8, 4) is 0 Å². The van der Waals surface area contributed by atoms with E-state index in [1.165, 1.54) is 0 Å². The molecule has 1 rings (SSSR count). The van der Waals surface area contributed by atoms with Gasteiger partial charge in [-0.2, -0.15) is 5.10 Å². The van der Waals surface area contributed by atoms with Crippen LogP contribution in [0, 0.1) is 0 Å². The third-order valence-corrected chi connectivity index (χ3v) is 2.37. The van der Waals surface area contributed by atoms with E-state index in [4.69, 9.17) is 5.73 Å². The molecular weight excluding hydrogens is 204 g/mol. The average Bonchev–Trinajstić information content (AvgIpc) is 2.59. The van der Waals surface area contributed by atoms with Crippen LogP contribution in [-0.4, -0.2) is 22.2 Å². The maximum absolute atomic E-state index is 11.6. The Labute approximate surface area is 96.0 Å². The SMILES string of the molecule is CCc1nn(C)cc1NC(=O)CCCCN. The fourth-order valence-corrected chi connectivity index (χ4v) is 1.54. The summed E-state index contributed by atoms with van der Waals surface area (Å²) in [5, 5.41) is 7.14. The molecule has 0 saturated heterocycles. The van der Waals surface area contributed by atoms with Crippen molar-refractivity contribution in [3.05, 3.63) is 11.9 Å². The van der Waals surface area contributed by atoms with Gasteiger partial charge in [0.1, 0.15) is 0 Å². The molecule has 0 atom stereocenters. The fraction of sp³-hybridized carbons (Fsp3) is 0.636. The molecule has 5 heteroatoms. The van der Waals surface area contributed by atoms with Crippen molar-refractivity contribution in [3.63, 3.8) is 0 Å². The van der Waals surface area contributed by atoms with Gasteiger partial charge in [-0.05, 0) is 25.8 Å². The molecule has 0 saturated carbocycles. The lowest BCUT2D eigenvalue weighted by Crippen LogP contribution is -2.12. The predicted octanol–water partition coefficient (Wildman–Crippen LogP) is 1.05. The van der Waals surface area contributed by atoms with Gasteiger partial charge in [0.05, 0.1) is 11.4 Å². The van der Waals surface area contributed by atoms with Gasteiger partial charge in [0, 0.05) is 19.7 Å². The number of rotatable bonds is 6. The summed E-state index contributed by atoms with van der Waals surface area (Å²) in [5.74, 6) is 0.0381. The second-order valence-corrected chi connectivity index (χ2v) is 3.81. The number of hydrogen-bond donors (Lipinski definition) is 2. The molecule has 0 aromatic carbocycles. The van der Waals surface area contributed by atoms with E-state index in [9.17, 15) is 4.79 Å². The summed E-state index contributed by atoms with van der Waals surface area (Å²) in [7, 11) is 1.85. The fourth-order valence-electron chi connectivity index (χ4n) is 1.54. The molecule has 0 aliphatic carbocycles. The first-order chi connectivity index (χ1) is 7.67. The highest BCUT2D eigenvalue weighted by molar-refractivity contribution is 5.91. The van der Waals surface area contributed by atoms with E-state index < -0.39 is 0 Å². The van der Waals surface area contributed by atoms with E-state index >= 15 is 0 Å². The molecule has 90 valence electrons. The standard InChI is InChI=1S/C11H20N4O/c1-3-9-10(8-15(2)14-9)13-11(16)6-4-5-7-12/h8H,3-7,12H2,1-2H3,(H,13,16). The molecule has 0 fully saturated rings. The molecule has 0 spiro atoms. The molecular formula is C11H20N4O. The number of nitrogens with two attached hydrogens (primary N) is 1. The van der Waals surface area contributed by atoms with Crippen molar-refractivity contribution in [1.82, 2.24) is 9.78 Å². The van der Waals surface area contributed by atoms with Crippen LogP contribution >= 0.6 is 0 Å². The summed E-state index contributed by atoms with van der Waals surface area (Å²) in [6.45, 7) is 2.66. The molecule has 16 heavy (non-hydrogen) atoms. The average molecular weight is 224 g/mol. The van der Waals surface area contributed by atoms with Gasteiger partial charge in [-0.3, -0.25) is 9.48 Å². The quantitative estimate of drug-likeness (QED) is 0.709. The van der Waals surface area contributed by atoms with Crippen molar-refractivity contribution in [1.29, 1.82) is 0 Å². The van der Waals surface area contributed by atoms with Crippen molar-refractivity contribution >= 4 is 11.6 Å². The summed E-state index contributed by atoms with van der Waals surface area (Å²) in [4.78, 5) is 11.6. The zero-order chi connectivity index (χ0) is 12.0. The van der Waals surface area contributed by atoms with Gasteiger partial charge in [0.15, 0.2) is 0 Å². The third-order valence-electron chi connectivity index (χ3n) is 2.37. The van der Waals surface area contributed by atoms with E-state index in [-0.39, 0.29) is 5.91 Å². The Morgan fingerprint density at radius 3 is 2.94 bits per heavy atom. The van der Waals surface area contributed by atoms with Crippen LogP contribution in [0.1, 0.15) is 31.9 Å².